The van der Waals surface area contributed by atoms with Crippen molar-refractivity contribution in [1.82, 2.24) is 9.36 Å². The molecule has 0 aliphatic heterocycles. The van der Waals surface area contributed by atoms with Crippen molar-refractivity contribution in [3.05, 3.63) is 5.82 Å². The van der Waals surface area contributed by atoms with Gasteiger partial charge in [0.15, 0.2) is 0 Å². The van der Waals surface area contributed by atoms with Crippen LogP contribution in [0.1, 0.15) is 44.3 Å². The Morgan fingerprint density at radius 1 is 1.35 bits per heavy atom. The zero-order chi connectivity index (χ0) is 12.1. The van der Waals surface area contributed by atoms with Crippen molar-refractivity contribution in [2.75, 3.05) is 18.0 Å². The minimum absolute atomic E-state index is 0.655. The summed E-state index contributed by atoms with van der Waals surface area (Å²) in [6, 6.07) is 0.655. The lowest BCUT2D eigenvalue weighted by molar-refractivity contribution is 0.412. The lowest BCUT2D eigenvalue weighted by Crippen LogP contribution is -2.38. The van der Waals surface area contributed by atoms with E-state index in [9.17, 15) is 0 Å². The third-order valence-corrected chi connectivity index (χ3v) is 4.23. The Morgan fingerprint density at radius 3 is 2.71 bits per heavy atom. The summed E-state index contributed by atoms with van der Waals surface area (Å²) in [6.45, 7) is 3.73. The van der Waals surface area contributed by atoms with Crippen LogP contribution in [0.2, 0.25) is 0 Å². The van der Waals surface area contributed by atoms with Crippen molar-refractivity contribution in [2.45, 2.75) is 51.5 Å². The highest BCUT2D eigenvalue weighted by Gasteiger charge is 2.23. The molecular formula is C12H22N4S. The number of hydrogen-bond acceptors (Lipinski definition) is 5. The molecule has 2 N–H and O–H groups in total. The second-order valence-corrected chi connectivity index (χ2v) is 5.48. The van der Waals surface area contributed by atoms with Crippen LogP contribution in [0.4, 0.5) is 5.13 Å². The molecule has 5 heteroatoms. The highest BCUT2D eigenvalue weighted by molar-refractivity contribution is 7.09. The van der Waals surface area contributed by atoms with Gasteiger partial charge in [-0.15, -0.1) is 0 Å². The van der Waals surface area contributed by atoms with E-state index in [1.165, 1.54) is 43.6 Å². The summed E-state index contributed by atoms with van der Waals surface area (Å²) in [6.07, 6.45) is 7.71. The van der Waals surface area contributed by atoms with Crippen molar-refractivity contribution in [1.29, 1.82) is 0 Å². The molecule has 17 heavy (non-hydrogen) atoms. The monoisotopic (exact) mass is 254 g/mol. The van der Waals surface area contributed by atoms with Gasteiger partial charge in [0.25, 0.3) is 0 Å². The van der Waals surface area contributed by atoms with E-state index in [1.54, 1.807) is 0 Å². The molecule has 0 atom stereocenters. The Hall–Kier alpha value is -0.680. The van der Waals surface area contributed by atoms with Crippen LogP contribution in [0.25, 0.3) is 0 Å². The Labute approximate surface area is 107 Å². The highest BCUT2D eigenvalue weighted by Crippen LogP contribution is 2.28. The number of aromatic nitrogens is 2. The summed E-state index contributed by atoms with van der Waals surface area (Å²) in [4.78, 5) is 6.97. The molecule has 1 aromatic rings. The van der Waals surface area contributed by atoms with E-state index in [4.69, 9.17) is 5.73 Å². The largest absolute Gasteiger partial charge is 0.344 e. The van der Waals surface area contributed by atoms with Gasteiger partial charge >= 0.3 is 0 Å². The summed E-state index contributed by atoms with van der Waals surface area (Å²) >= 11 is 1.53. The van der Waals surface area contributed by atoms with Crippen LogP contribution in [0, 0.1) is 6.92 Å². The zero-order valence-electron chi connectivity index (χ0n) is 10.6. The van der Waals surface area contributed by atoms with E-state index in [1.807, 2.05) is 6.92 Å². The Morgan fingerprint density at radius 2 is 2.12 bits per heavy atom. The molecule has 0 aromatic carbocycles. The number of anilines is 1. The van der Waals surface area contributed by atoms with E-state index in [2.05, 4.69) is 14.3 Å². The fourth-order valence-electron chi connectivity index (χ4n) is 2.49. The number of rotatable bonds is 5. The first kappa shape index (κ1) is 12.8. The zero-order valence-corrected chi connectivity index (χ0v) is 11.4. The van der Waals surface area contributed by atoms with Gasteiger partial charge in [-0.1, -0.05) is 19.3 Å². The highest BCUT2D eigenvalue weighted by atomic mass is 32.1. The third-order valence-electron chi connectivity index (χ3n) is 3.38. The Bertz CT molecular complexity index is 333. The maximum atomic E-state index is 5.63. The van der Waals surface area contributed by atoms with E-state index in [-0.39, 0.29) is 0 Å². The fraction of sp³-hybridized carbons (Fsp3) is 0.833. The average Bonchev–Trinajstić information content (AvgIpc) is 2.78. The van der Waals surface area contributed by atoms with Gasteiger partial charge in [-0.2, -0.15) is 4.37 Å². The van der Waals surface area contributed by atoms with Crippen LogP contribution in [-0.4, -0.2) is 28.5 Å². The topological polar surface area (TPSA) is 55.0 Å². The average molecular weight is 254 g/mol. The smallest absolute Gasteiger partial charge is 0.205 e. The molecule has 2 rings (SSSR count). The molecule has 1 heterocycles. The summed E-state index contributed by atoms with van der Waals surface area (Å²) in [7, 11) is 0. The first-order valence-electron chi connectivity index (χ1n) is 6.58. The fourth-order valence-corrected chi connectivity index (χ4v) is 3.26. The van der Waals surface area contributed by atoms with Crippen molar-refractivity contribution in [2.24, 2.45) is 5.73 Å². The van der Waals surface area contributed by atoms with Gasteiger partial charge in [-0.05, 0) is 32.7 Å². The Kier molecular flexibility index (Phi) is 4.74. The van der Waals surface area contributed by atoms with E-state index in [0.29, 0.717) is 6.04 Å². The molecule has 0 saturated heterocycles. The molecule has 1 aliphatic rings. The molecule has 0 radical (unpaired) electrons. The molecule has 96 valence electrons. The minimum Gasteiger partial charge on any atom is -0.344 e. The number of hydrogen-bond donors (Lipinski definition) is 1. The minimum atomic E-state index is 0.655. The molecule has 0 spiro atoms. The third kappa shape index (κ3) is 3.39. The molecule has 1 fully saturated rings. The lowest BCUT2D eigenvalue weighted by Gasteiger charge is -2.33. The van der Waals surface area contributed by atoms with E-state index < -0.39 is 0 Å². The number of nitrogens with zero attached hydrogens (tertiary/aromatic N) is 3. The molecule has 0 unspecified atom stereocenters. The van der Waals surface area contributed by atoms with Crippen LogP contribution in [0.5, 0.6) is 0 Å². The molecule has 1 saturated carbocycles. The van der Waals surface area contributed by atoms with Crippen LogP contribution >= 0.6 is 11.5 Å². The van der Waals surface area contributed by atoms with Crippen LogP contribution in [0.3, 0.4) is 0 Å². The molecular weight excluding hydrogens is 232 g/mol. The summed E-state index contributed by atoms with van der Waals surface area (Å²) in [5, 5.41) is 1.09. The molecule has 0 bridgehead atoms. The number of nitrogens with two attached hydrogens (primary N) is 1. The standard InChI is InChI=1S/C12H22N4S/c1-10-14-12(17-15-10)16(9-5-8-13)11-6-3-2-4-7-11/h11H,2-9,13H2,1H3. The van der Waals surface area contributed by atoms with Gasteiger partial charge in [-0.25, -0.2) is 4.98 Å². The molecule has 0 amide bonds. The van der Waals surface area contributed by atoms with Gasteiger partial charge in [0.05, 0.1) is 0 Å². The van der Waals surface area contributed by atoms with Crippen LogP contribution in [0.15, 0.2) is 0 Å². The van der Waals surface area contributed by atoms with Gasteiger partial charge in [0.1, 0.15) is 5.82 Å². The molecule has 1 aromatic heterocycles. The van der Waals surface area contributed by atoms with Crippen LogP contribution < -0.4 is 10.6 Å². The Balaban J connectivity index is 2.06. The second-order valence-electron chi connectivity index (χ2n) is 4.75. The predicted octanol–water partition coefficient (Wildman–Crippen LogP) is 2.33. The quantitative estimate of drug-likeness (QED) is 0.876. The van der Waals surface area contributed by atoms with Crippen molar-refractivity contribution in [3.63, 3.8) is 0 Å². The van der Waals surface area contributed by atoms with Gasteiger partial charge in [-0.3, -0.25) is 0 Å². The summed E-state index contributed by atoms with van der Waals surface area (Å²) in [5.74, 6) is 0.888. The van der Waals surface area contributed by atoms with Gasteiger partial charge in [0, 0.05) is 24.1 Å². The molecule has 1 aliphatic carbocycles. The van der Waals surface area contributed by atoms with Gasteiger partial charge < -0.3 is 10.6 Å². The lowest BCUT2D eigenvalue weighted by atomic mass is 9.94. The molecule has 4 nitrogen and oxygen atoms in total. The first-order valence-corrected chi connectivity index (χ1v) is 7.35. The van der Waals surface area contributed by atoms with Crippen molar-refractivity contribution >= 4 is 16.7 Å². The normalized spacial score (nSPS) is 17.3. The summed E-state index contributed by atoms with van der Waals surface area (Å²) < 4.78 is 4.30. The number of aryl methyl sites for hydroxylation is 1. The van der Waals surface area contributed by atoms with Gasteiger partial charge in [0.2, 0.25) is 5.13 Å². The van der Waals surface area contributed by atoms with Crippen molar-refractivity contribution < 1.29 is 0 Å². The summed E-state index contributed by atoms with van der Waals surface area (Å²) in [5.41, 5.74) is 5.63. The van der Waals surface area contributed by atoms with E-state index >= 15 is 0 Å². The van der Waals surface area contributed by atoms with E-state index in [0.717, 1.165) is 30.5 Å². The SMILES string of the molecule is Cc1nsc(N(CCCN)C2CCCCC2)n1. The second kappa shape index (κ2) is 6.31. The predicted molar refractivity (Wildman–Crippen MR) is 72.5 cm³/mol. The van der Waals surface area contributed by atoms with Crippen molar-refractivity contribution in [3.8, 4) is 0 Å². The maximum absolute atomic E-state index is 5.63. The maximum Gasteiger partial charge on any atom is 0.205 e. The first-order chi connectivity index (χ1) is 8.31. The van der Waals surface area contributed by atoms with Crippen LogP contribution in [-0.2, 0) is 0 Å².